The maximum Gasteiger partial charge on any atom is 0.162 e. The molecule has 64 valence electrons. The van der Waals surface area contributed by atoms with Gasteiger partial charge in [-0.3, -0.25) is 4.79 Å². The summed E-state index contributed by atoms with van der Waals surface area (Å²) in [4.78, 5) is 11.1. The van der Waals surface area contributed by atoms with E-state index >= 15 is 0 Å². The first-order chi connectivity index (χ1) is 5.65. The Morgan fingerprint density at radius 2 is 2.25 bits per heavy atom. The highest BCUT2D eigenvalue weighted by molar-refractivity contribution is 6.31. The van der Waals surface area contributed by atoms with E-state index in [1.165, 1.54) is 18.2 Å². The summed E-state index contributed by atoms with van der Waals surface area (Å²) in [6, 6.07) is 3.99. The average Bonchev–Trinajstić information content (AvgIpc) is 2.08. The number of benzene rings is 1. The van der Waals surface area contributed by atoms with Gasteiger partial charge in [-0.1, -0.05) is 18.5 Å². The lowest BCUT2D eigenvalue weighted by Crippen LogP contribution is -1.96. The molecular formula is C9H8ClFO. The van der Waals surface area contributed by atoms with E-state index in [9.17, 15) is 9.18 Å². The zero-order valence-corrected chi connectivity index (χ0v) is 7.36. The molecule has 0 amide bonds. The smallest absolute Gasteiger partial charge is 0.162 e. The molecule has 12 heavy (non-hydrogen) atoms. The predicted molar refractivity (Wildman–Crippen MR) is 46.0 cm³/mol. The normalized spacial score (nSPS) is 9.92. The molecule has 1 rings (SSSR count). The minimum atomic E-state index is -0.496. The van der Waals surface area contributed by atoms with Crippen LogP contribution in [0, 0.1) is 5.82 Å². The lowest BCUT2D eigenvalue weighted by molar-refractivity contribution is 0.0988. The molecule has 0 aliphatic rings. The number of carbonyl (C=O) groups excluding carboxylic acids is 1. The van der Waals surface area contributed by atoms with Gasteiger partial charge in [0.05, 0.1) is 5.02 Å². The topological polar surface area (TPSA) is 17.1 Å². The Bertz CT molecular complexity index is 309. The second-order valence-electron chi connectivity index (χ2n) is 2.41. The molecule has 0 bridgehead atoms. The summed E-state index contributed by atoms with van der Waals surface area (Å²) in [6.07, 6.45) is 0.405. The lowest BCUT2D eigenvalue weighted by Gasteiger charge is -1.98. The Balaban J connectivity index is 3.05. The van der Waals surface area contributed by atoms with E-state index in [0.717, 1.165) is 0 Å². The standard InChI is InChI=1S/C9H8ClFO/c1-2-9(12)6-3-4-8(11)7(10)5-6/h3-5H,2H2,1H3. The first-order valence-corrected chi connectivity index (χ1v) is 4.01. The summed E-state index contributed by atoms with van der Waals surface area (Å²) in [5, 5.41) is -0.00528. The number of carbonyl (C=O) groups is 1. The lowest BCUT2D eigenvalue weighted by atomic mass is 10.1. The van der Waals surface area contributed by atoms with E-state index in [1.54, 1.807) is 6.92 Å². The van der Waals surface area contributed by atoms with Crippen molar-refractivity contribution in [2.45, 2.75) is 13.3 Å². The number of rotatable bonds is 2. The van der Waals surface area contributed by atoms with E-state index in [1.807, 2.05) is 0 Å². The van der Waals surface area contributed by atoms with Crippen molar-refractivity contribution >= 4 is 17.4 Å². The van der Waals surface area contributed by atoms with E-state index in [0.29, 0.717) is 12.0 Å². The molecule has 1 aromatic carbocycles. The first kappa shape index (κ1) is 9.20. The molecule has 0 aliphatic heterocycles. The maximum absolute atomic E-state index is 12.6. The molecule has 0 aromatic heterocycles. The average molecular weight is 187 g/mol. The molecule has 0 radical (unpaired) electrons. The number of hydrogen-bond acceptors (Lipinski definition) is 1. The summed E-state index contributed by atoms with van der Waals surface area (Å²) < 4.78 is 12.6. The van der Waals surface area contributed by atoms with Gasteiger partial charge >= 0.3 is 0 Å². The monoisotopic (exact) mass is 186 g/mol. The largest absolute Gasteiger partial charge is 0.294 e. The predicted octanol–water partition coefficient (Wildman–Crippen LogP) is 3.07. The van der Waals surface area contributed by atoms with E-state index in [-0.39, 0.29) is 10.8 Å². The van der Waals surface area contributed by atoms with Crippen molar-refractivity contribution in [2.75, 3.05) is 0 Å². The molecule has 0 heterocycles. The molecule has 1 aromatic rings. The quantitative estimate of drug-likeness (QED) is 0.649. The van der Waals surface area contributed by atoms with Crippen LogP contribution in [0.15, 0.2) is 18.2 Å². The number of ketones is 1. The molecular weight excluding hydrogens is 179 g/mol. The fourth-order valence-corrected chi connectivity index (χ4v) is 1.05. The molecule has 0 N–H and O–H groups in total. The van der Waals surface area contributed by atoms with Crippen LogP contribution in [-0.4, -0.2) is 5.78 Å². The third-order valence-electron chi connectivity index (χ3n) is 1.56. The number of halogens is 2. The Morgan fingerprint density at radius 3 is 2.75 bits per heavy atom. The maximum atomic E-state index is 12.6. The number of hydrogen-bond donors (Lipinski definition) is 0. The fraction of sp³-hybridized carbons (Fsp3) is 0.222. The second kappa shape index (κ2) is 3.68. The van der Waals surface area contributed by atoms with Gasteiger partial charge in [-0.2, -0.15) is 0 Å². The van der Waals surface area contributed by atoms with Gasteiger partial charge in [0.25, 0.3) is 0 Å². The van der Waals surface area contributed by atoms with Crippen molar-refractivity contribution in [3.8, 4) is 0 Å². The van der Waals surface area contributed by atoms with Gasteiger partial charge in [0.1, 0.15) is 5.82 Å². The van der Waals surface area contributed by atoms with Crippen LogP contribution in [0.1, 0.15) is 23.7 Å². The molecule has 0 fully saturated rings. The van der Waals surface area contributed by atoms with Crippen molar-refractivity contribution in [3.05, 3.63) is 34.6 Å². The van der Waals surface area contributed by atoms with Crippen molar-refractivity contribution in [3.63, 3.8) is 0 Å². The minimum absolute atomic E-state index is 0.00528. The van der Waals surface area contributed by atoms with Crippen LogP contribution in [-0.2, 0) is 0 Å². The van der Waals surface area contributed by atoms with Crippen molar-refractivity contribution < 1.29 is 9.18 Å². The van der Waals surface area contributed by atoms with Crippen LogP contribution in [0.4, 0.5) is 4.39 Å². The summed E-state index contributed by atoms with van der Waals surface area (Å²) >= 11 is 5.49. The molecule has 0 aliphatic carbocycles. The Morgan fingerprint density at radius 1 is 1.58 bits per heavy atom. The van der Waals surface area contributed by atoms with Crippen molar-refractivity contribution in [1.29, 1.82) is 0 Å². The third-order valence-corrected chi connectivity index (χ3v) is 1.85. The van der Waals surface area contributed by atoms with Gasteiger partial charge in [-0.25, -0.2) is 4.39 Å². The molecule has 3 heteroatoms. The Kier molecular flexibility index (Phi) is 2.82. The van der Waals surface area contributed by atoms with Gasteiger partial charge in [-0.05, 0) is 18.2 Å². The molecule has 0 unspecified atom stereocenters. The van der Waals surface area contributed by atoms with Crippen LogP contribution in [0.2, 0.25) is 5.02 Å². The first-order valence-electron chi connectivity index (χ1n) is 3.63. The van der Waals surface area contributed by atoms with E-state index in [2.05, 4.69) is 0 Å². The highest BCUT2D eigenvalue weighted by Crippen LogP contribution is 2.16. The van der Waals surface area contributed by atoms with Crippen LogP contribution in [0.3, 0.4) is 0 Å². The van der Waals surface area contributed by atoms with Gasteiger partial charge in [0, 0.05) is 12.0 Å². The summed E-state index contributed by atoms with van der Waals surface area (Å²) in [5.41, 5.74) is 0.462. The van der Waals surface area contributed by atoms with Crippen LogP contribution in [0.25, 0.3) is 0 Å². The van der Waals surface area contributed by atoms with E-state index < -0.39 is 5.82 Å². The zero-order chi connectivity index (χ0) is 9.14. The minimum Gasteiger partial charge on any atom is -0.294 e. The molecule has 0 spiro atoms. The molecule has 0 saturated carbocycles. The van der Waals surface area contributed by atoms with Crippen molar-refractivity contribution in [2.24, 2.45) is 0 Å². The molecule has 0 saturated heterocycles. The SMILES string of the molecule is CCC(=O)c1ccc(F)c(Cl)c1. The second-order valence-corrected chi connectivity index (χ2v) is 2.81. The van der Waals surface area contributed by atoms with Crippen LogP contribution in [0.5, 0.6) is 0 Å². The molecule has 0 atom stereocenters. The van der Waals surface area contributed by atoms with Gasteiger partial charge in [0.2, 0.25) is 0 Å². The molecule has 1 nitrogen and oxygen atoms in total. The van der Waals surface area contributed by atoms with Gasteiger partial charge in [-0.15, -0.1) is 0 Å². The van der Waals surface area contributed by atoms with Gasteiger partial charge < -0.3 is 0 Å². The Hall–Kier alpha value is -0.890. The number of Topliss-reactive ketones (excluding diaryl/α,β-unsaturated/α-hetero) is 1. The van der Waals surface area contributed by atoms with Crippen LogP contribution >= 0.6 is 11.6 Å². The highest BCUT2D eigenvalue weighted by Gasteiger charge is 2.05. The summed E-state index contributed by atoms with van der Waals surface area (Å²) in [5.74, 6) is -0.527. The summed E-state index contributed by atoms with van der Waals surface area (Å²) in [7, 11) is 0. The highest BCUT2D eigenvalue weighted by atomic mass is 35.5. The summed E-state index contributed by atoms with van der Waals surface area (Å²) in [6.45, 7) is 1.75. The zero-order valence-electron chi connectivity index (χ0n) is 6.60. The van der Waals surface area contributed by atoms with E-state index in [4.69, 9.17) is 11.6 Å². The van der Waals surface area contributed by atoms with Crippen molar-refractivity contribution in [1.82, 2.24) is 0 Å². The third kappa shape index (κ3) is 1.83. The van der Waals surface area contributed by atoms with Gasteiger partial charge in [0.15, 0.2) is 5.78 Å². The Labute approximate surface area is 75.2 Å². The fourth-order valence-electron chi connectivity index (χ4n) is 0.874. The van der Waals surface area contributed by atoms with Crippen LogP contribution < -0.4 is 0 Å².